The Bertz CT molecular complexity index is 1490. The lowest BCUT2D eigenvalue weighted by atomic mass is 10.1. The van der Waals surface area contributed by atoms with Crippen molar-refractivity contribution in [1.82, 2.24) is 9.88 Å². The van der Waals surface area contributed by atoms with Crippen LogP contribution in [0.1, 0.15) is 25.8 Å². The van der Waals surface area contributed by atoms with Crippen LogP contribution in [0.2, 0.25) is 5.02 Å². The molecule has 0 fully saturated rings. The minimum atomic E-state index is -4.24. The summed E-state index contributed by atoms with van der Waals surface area (Å²) < 4.78 is 88.1. The van der Waals surface area contributed by atoms with Gasteiger partial charge in [-0.3, -0.25) is 23.7 Å². The van der Waals surface area contributed by atoms with Crippen molar-refractivity contribution < 1.29 is 50.0 Å². The third kappa shape index (κ3) is 10.4. The number of aryl methyl sites for hydroxylation is 1. The van der Waals surface area contributed by atoms with Crippen molar-refractivity contribution in [1.29, 1.82) is 0 Å². The predicted octanol–water partition coefficient (Wildman–Crippen LogP) is 7.25. The maximum absolute atomic E-state index is 14.9. The Morgan fingerprint density at radius 3 is 2.50 bits per heavy atom. The lowest BCUT2D eigenvalue weighted by Gasteiger charge is -2.31. The number of likely N-dealkylation sites (N-methyl/N-ethyl adjacent to an activating group) is 1. The second-order valence-corrected chi connectivity index (χ2v) is 11.6. The molecule has 0 aliphatic rings. The van der Waals surface area contributed by atoms with Crippen molar-refractivity contribution in [3.8, 4) is 0 Å². The topological polar surface area (TPSA) is 116 Å². The van der Waals surface area contributed by atoms with E-state index in [1.54, 1.807) is 0 Å². The summed E-state index contributed by atoms with van der Waals surface area (Å²) in [5.74, 6) is -5.50. The first-order valence-electron chi connectivity index (χ1n) is 12.7. The number of phosphoric ester groups is 1. The number of nitrogens with one attached hydrogen (secondary N) is 1. The molecule has 3 rings (SSSR count). The van der Waals surface area contributed by atoms with Gasteiger partial charge in [0.25, 0.3) is 5.92 Å². The van der Waals surface area contributed by atoms with Gasteiger partial charge in [-0.15, -0.1) is 0 Å². The van der Waals surface area contributed by atoms with Gasteiger partial charge in [-0.05, 0) is 47.7 Å². The quantitative estimate of drug-likeness (QED) is 0.141. The number of rotatable bonds is 14. The van der Waals surface area contributed by atoms with Gasteiger partial charge >= 0.3 is 13.9 Å². The Morgan fingerprint density at radius 1 is 1.11 bits per heavy atom. The average molecular weight is 666 g/mol. The van der Waals surface area contributed by atoms with Crippen LogP contribution in [-0.4, -0.2) is 68.3 Å². The fourth-order valence-electron chi connectivity index (χ4n) is 3.92. The first kappa shape index (κ1) is 36.9. The number of carbonyl (C=O) groups is 2. The molecule has 0 aliphatic carbocycles. The zero-order chi connectivity index (χ0) is 31.8. The van der Waals surface area contributed by atoms with Gasteiger partial charge in [0.05, 0.1) is 11.1 Å². The molecule has 1 N–H and O–H groups in total. The highest BCUT2D eigenvalue weighted by atomic mass is 35.5. The second-order valence-electron chi connectivity index (χ2n) is 9.30. The molecular weight excluding hydrogens is 633 g/mol. The number of halogens is 5. The van der Waals surface area contributed by atoms with Crippen molar-refractivity contribution in [2.24, 2.45) is 0 Å². The van der Waals surface area contributed by atoms with Crippen molar-refractivity contribution in [2.75, 3.05) is 39.8 Å². The molecule has 16 heteroatoms. The zero-order valence-electron chi connectivity index (χ0n) is 23.3. The van der Waals surface area contributed by atoms with Gasteiger partial charge in [0.15, 0.2) is 0 Å². The first-order valence-corrected chi connectivity index (χ1v) is 14.5. The molecule has 1 aromatic heterocycles. The Labute approximate surface area is 257 Å². The number of benzene rings is 2. The van der Waals surface area contributed by atoms with Crippen LogP contribution < -0.4 is 5.32 Å². The Hall–Kier alpha value is -3.29. The number of nitrogens with zero attached hydrogens (tertiary/aromatic N) is 2. The van der Waals surface area contributed by atoms with E-state index in [1.165, 1.54) is 49.6 Å². The molecule has 0 unspecified atom stereocenters. The number of hydrogen-bond acceptors (Lipinski definition) is 8. The number of fused-ring (bicyclic) bond motifs is 1. The maximum atomic E-state index is 14.9. The number of anilines is 1. The largest absolute Gasteiger partial charge is 0.474 e. The molecule has 2 amide bonds. The van der Waals surface area contributed by atoms with E-state index in [2.05, 4.69) is 23.9 Å². The standard InChI is InChI=1S/C27H29ClF4N3O7P.CH4/c1-35(24(36)10-8-17-5-4-6-22(30)25(17)28)21(13-27(31,32)16-42-43(38,39-2)40-3)15-41-26(37)34-23-12-19-11-20(29)9-7-18(19)14-33-23;/h4-7,9,11-12,14,21H,8,10,13,15-16H2,1-3H3,(H,33,34,37);1H4/t21-;/m0./s1. The molecule has 0 bridgehead atoms. The SMILES string of the molecule is C.COP(=O)(OC)OCC(F)(F)C[C@@H](COC(=O)Nc1cc2cc(F)ccc2cn1)N(C)C(=O)CCc1cccc(F)c1Cl. The summed E-state index contributed by atoms with van der Waals surface area (Å²) in [6.07, 6.45) is -0.992. The lowest BCUT2D eigenvalue weighted by molar-refractivity contribution is -0.136. The van der Waals surface area contributed by atoms with Gasteiger partial charge in [0.1, 0.15) is 30.7 Å². The van der Waals surface area contributed by atoms with Crippen molar-refractivity contribution in [2.45, 2.75) is 38.7 Å². The van der Waals surface area contributed by atoms with Crippen LogP contribution in [0.15, 0.2) is 48.7 Å². The van der Waals surface area contributed by atoms with Gasteiger partial charge in [0, 0.05) is 45.7 Å². The molecule has 0 spiro atoms. The number of carbonyl (C=O) groups excluding carboxylic acids is 2. The lowest BCUT2D eigenvalue weighted by Crippen LogP contribution is -2.45. The van der Waals surface area contributed by atoms with Crippen molar-refractivity contribution in [3.05, 3.63) is 70.9 Å². The fraction of sp³-hybridized carbons (Fsp3) is 0.393. The summed E-state index contributed by atoms with van der Waals surface area (Å²) in [7, 11) is -1.10. The monoisotopic (exact) mass is 665 g/mol. The molecule has 1 atom stereocenters. The highest BCUT2D eigenvalue weighted by Gasteiger charge is 2.39. The third-order valence-corrected chi connectivity index (χ3v) is 8.08. The fourth-order valence-corrected chi connectivity index (χ4v) is 4.85. The summed E-state index contributed by atoms with van der Waals surface area (Å²) in [6, 6.07) is 8.07. The third-order valence-electron chi connectivity index (χ3n) is 6.32. The number of phosphoric acid groups is 1. The number of ether oxygens (including phenoxy) is 1. The molecule has 2 aromatic carbocycles. The number of hydrogen-bond donors (Lipinski definition) is 1. The number of aromatic nitrogens is 1. The minimum absolute atomic E-state index is 0. The summed E-state index contributed by atoms with van der Waals surface area (Å²) in [6.45, 7) is -2.09. The molecule has 0 radical (unpaired) electrons. The van der Waals surface area contributed by atoms with E-state index in [1.807, 2.05) is 0 Å². The van der Waals surface area contributed by atoms with Crippen LogP contribution in [0.5, 0.6) is 0 Å². The number of alkyl halides is 2. The molecule has 3 aromatic rings. The van der Waals surface area contributed by atoms with E-state index in [9.17, 15) is 31.7 Å². The zero-order valence-corrected chi connectivity index (χ0v) is 25.0. The molecule has 1 heterocycles. The van der Waals surface area contributed by atoms with E-state index in [-0.39, 0.29) is 31.1 Å². The van der Waals surface area contributed by atoms with Crippen LogP contribution in [0, 0.1) is 11.6 Å². The van der Waals surface area contributed by atoms with E-state index >= 15 is 0 Å². The molecular formula is C28H33ClF4N3O7P. The smallest absolute Gasteiger partial charge is 0.447 e. The Morgan fingerprint density at radius 2 is 1.82 bits per heavy atom. The van der Waals surface area contributed by atoms with Gasteiger partial charge in [-0.25, -0.2) is 31.9 Å². The normalized spacial score (nSPS) is 12.4. The molecule has 44 heavy (non-hydrogen) atoms. The van der Waals surface area contributed by atoms with Crippen LogP contribution in [-0.2, 0) is 34.1 Å². The average Bonchev–Trinajstić information content (AvgIpc) is 2.98. The van der Waals surface area contributed by atoms with E-state index in [4.69, 9.17) is 16.3 Å². The van der Waals surface area contributed by atoms with Gasteiger partial charge < -0.3 is 9.64 Å². The van der Waals surface area contributed by atoms with Crippen LogP contribution in [0.4, 0.5) is 28.2 Å². The molecule has 242 valence electrons. The first-order chi connectivity index (χ1) is 20.3. The highest BCUT2D eigenvalue weighted by molar-refractivity contribution is 7.48. The highest BCUT2D eigenvalue weighted by Crippen LogP contribution is 2.48. The molecule has 0 saturated heterocycles. The Balaban J connectivity index is 0.00000675. The van der Waals surface area contributed by atoms with E-state index in [0.29, 0.717) is 16.3 Å². The predicted molar refractivity (Wildman–Crippen MR) is 157 cm³/mol. The van der Waals surface area contributed by atoms with Crippen LogP contribution >= 0.6 is 19.4 Å². The van der Waals surface area contributed by atoms with Crippen molar-refractivity contribution >= 4 is 48.0 Å². The molecule has 0 saturated carbocycles. The maximum Gasteiger partial charge on any atom is 0.474 e. The van der Waals surface area contributed by atoms with Crippen LogP contribution in [0.25, 0.3) is 10.8 Å². The van der Waals surface area contributed by atoms with E-state index < -0.39 is 63.1 Å². The second kappa shape index (κ2) is 16.1. The summed E-state index contributed by atoms with van der Waals surface area (Å²) >= 11 is 5.95. The molecule has 10 nitrogen and oxygen atoms in total. The minimum Gasteiger partial charge on any atom is -0.447 e. The summed E-state index contributed by atoms with van der Waals surface area (Å²) in [5.41, 5.74) is 0.340. The van der Waals surface area contributed by atoms with Gasteiger partial charge in [-0.2, -0.15) is 0 Å². The molecule has 0 aliphatic heterocycles. The Kier molecular flexibility index (Phi) is 13.5. The van der Waals surface area contributed by atoms with E-state index in [0.717, 1.165) is 25.2 Å². The summed E-state index contributed by atoms with van der Waals surface area (Å²) in [4.78, 5) is 30.5. The van der Waals surface area contributed by atoms with Crippen LogP contribution in [0.3, 0.4) is 0 Å². The number of pyridine rings is 1. The number of amides is 2. The van der Waals surface area contributed by atoms with Crippen molar-refractivity contribution in [3.63, 3.8) is 0 Å². The summed E-state index contributed by atoms with van der Waals surface area (Å²) in [5, 5.41) is 3.21. The van der Waals surface area contributed by atoms with Gasteiger partial charge in [-0.1, -0.05) is 31.2 Å². The van der Waals surface area contributed by atoms with Gasteiger partial charge in [0.2, 0.25) is 5.91 Å².